The first-order valence-corrected chi connectivity index (χ1v) is 6.31. The number of hydrogen-bond donors (Lipinski definition) is 2. The van der Waals surface area contributed by atoms with Crippen molar-refractivity contribution in [2.45, 2.75) is 19.4 Å². The standard InChI is InChI=1S/C13H18N2O4/c1-14-8-12(17)11(16)5-10(14)7-15-4-2-3-9(6-15)13(18)19/h5,8-9,17H,2-4,6-7H2,1H3,(H,18,19). The van der Waals surface area contributed by atoms with E-state index in [-0.39, 0.29) is 11.7 Å². The molecular weight excluding hydrogens is 248 g/mol. The van der Waals surface area contributed by atoms with Gasteiger partial charge in [-0.25, -0.2) is 0 Å². The van der Waals surface area contributed by atoms with Gasteiger partial charge in [0.25, 0.3) is 0 Å². The van der Waals surface area contributed by atoms with Crippen molar-refractivity contribution in [3.8, 4) is 5.75 Å². The topological polar surface area (TPSA) is 82.8 Å². The predicted molar refractivity (Wildman–Crippen MR) is 69.0 cm³/mol. The fourth-order valence-corrected chi connectivity index (χ4v) is 2.44. The zero-order valence-corrected chi connectivity index (χ0v) is 10.9. The zero-order valence-electron chi connectivity index (χ0n) is 10.9. The lowest BCUT2D eigenvalue weighted by Gasteiger charge is -2.31. The third kappa shape index (κ3) is 3.14. The molecule has 1 aliphatic rings. The summed E-state index contributed by atoms with van der Waals surface area (Å²) in [7, 11) is 1.76. The van der Waals surface area contributed by atoms with Crippen molar-refractivity contribution in [3.05, 3.63) is 28.2 Å². The van der Waals surface area contributed by atoms with Gasteiger partial charge in [0.1, 0.15) is 0 Å². The Morgan fingerprint density at radius 2 is 2.26 bits per heavy atom. The second-order valence-corrected chi connectivity index (χ2v) is 5.04. The lowest BCUT2D eigenvalue weighted by Crippen LogP contribution is -2.38. The Hall–Kier alpha value is -1.82. The second-order valence-electron chi connectivity index (χ2n) is 5.04. The van der Waals surface area contributed by atoms with Crippen LogP contribution < -0.4 is 5.43 Å². The zero-order chi connectivity index (χ0) is 14.0. The number of rotatable bonds is 3. The van der Waals surface area contributed by atoms with Gasteiger partial charge < -0.3 is 14.8 Å². The minimum Gasteiger partial charge on any atom is -0.503 e. The summed E-state index contributed by atoms with van der Waals surface area (Å²) in [5, 5.41) is 18.4. The van der Waals surface area contributed by atoms with E-state index in [4.69, 9.17) is 5.11 Å². The third-order valence-electron chi connectivity index (χ3n) is 3.56. The average molecular weight is 266 g/mol. The maximum absolute atomic E-state index is 11.4. The van der Waals surface area contributed by atoms with Gasteiger partial charge in [0.2, 0.25) is 5.43 Å². The Morgan fingerprint density at radius 3 is 2.95 bits per heavy atom. The summed E-state index contributed by atoms with van der Waals surface area (Å²) < 4.78 is 1.70. The number of hydrogen-bond acceptors (Lipinski definition) is 4. The summed E-state index contributed by atoms with van der Waals surface area (Å²) >= 11 is 0. The largest absolute Gasteiger partial charge is 0.503 e. The Labute approximate surface area is 110 Å². The molecule has 6 nitrogen and oxygen atoms in total. The van der Waals surface area contributed by atoms with Crippen LogP contribution in [0.3, 0.4) is 0 Å². The highest BCUT2D eigenvalue weighted by molar-refractivity contribution is 5.70. The smallest absolute Gasteiger partial charge is 0.307 e. The van der Waals surface area contributed by atoms with Gasteiger partial charge in [-0.15, -0.1) is 0 Å². The number of carbonyl (C=O) groups is 1. The maximum Gasteiger partial charge on any atom is 0.307 e. The summed E-state index contributed by atoms with van der Waals surface area (Å²) in [5.74, 6) is -1.36. The van der Waals surface area contributed by atoms with Crippen LogP contribution in [0.15, 0.2) is 17.1 Å². The Bertz CT molecular complexity index is 538. The molecule has 6 heteroatoms. The first kappa shape index (κ1) is 13.6. The number of likely N-dealkylation sites (tertiary alicyclic amines) is 1. The summed E-state index contributed by atoms with van der Waals surface area (Å²) in [4.78, 5) is 24.5. The third-order valence-corrected chi connectivity index (χ3v) is 3.56. The quantitative estimate of drug-likeness (QED) is 0.827. The molecular formula is C13H18N2O4. The molecule has 0 aliphatic carbocycles. The molecule has 19 heavy (non-hydrogen) atoms. The number of nitrogens with zero attached hydrogens (tertiary/aromatic N) is 2. The molecule has 0 aromatic carbocycles. The Morgan fingerprint density at radius 1 is 1.53 bits per heavy atom. The van der Waals surface area contributed by atoms with Crippen molar-refractivity contribution >= 4 is 5.97 Å². The lowest BCUT2D eigenvalue weighted by atomic mass is 9.98. The number of carboxylic acid groups (broad SMARTS) is 1. The molecule has 0 spiro atoms. The Balaban J connectivity index is 2.11. The van der Waals surface area contributed by atoms with Gasteiger partial charge in [0.15, 0.2) is 5.75 Å². The Kier molecular flexibility index (Phi) is 3.90. The van der Waals surface area contributed by atoms with E-state index in [0.717, 1.165) is 18.7 Å². The molecule has 2 rings (SSSR count). The van der Waals surface area contributed by atoms with Gasteiger partial charge in [-0.1, -0.05) is 0 Å². The molecule has 0 bridgehead atoms. The van der Waals surface area contributed by atoms with Crippen LogP contribution in [0.5, 0.6) is 5.75 Å². The van der Waals surface area contributed by atoms with E-state index >= 15 is 0 Å². The number of pyridine rings is 1. The van der Waals surface area contributed by atoms with Gasteiger partial charge in [0.05, 0.1) is 5.92 Å². The second kappa shape index (κ2) is 5.44. The van der Waals surface area contributed by atoms with Crippen molar-refractivity contribution in [3.63, 3.8) is 0 Å². The summed E-state index contributed by atoms with van der Waals surface area (Å²) in [6, 6.07) is 1.40. The number of aliphatic carboxylic acids is 1. The highest BCUT2D eigenvalue weighted by Gasteiger charge is 2.25. The predicted octanol–water partition coefficient (Wildman–Crippen LogP) is 0.387. The average Bonchev–Trinajstić information content (AvgIpc) is 2.36. The molecule has 0 saturated carbocycles. The molecule has 1 aromatic rings. The van der Waals surface area contributed by atoms with E-state index < -0.39 is 11.4 Å². The van der Waals surface area contributed by atoms with E-state index in [2.05, 4.69) is 0 Å². The normalized spacial score (nSPS) is 20.4. The van der Waals surface area contributed by atoms with Crippen LogP contribution in [0.25, 0.3) is 0 Å². The monoisotopic (exact) mass is 266 g/mol. The number of aromatic hydroxyl groups is 1. The van der Waals surface area contributed by atoms with Gasteiger partial charge in [-0.3, -0.25) is 14.5 Å². The van der Waals surface area contributed by atoms with Crippen molar-refractivity contribution in [2.75, 3.05) is 13.1 Å². The van der Waals surface area contributed by atoms with Gasteiger partial charge in [0, 0.05) is 38.1 Å². The first-order chi connectivity index (χ1) is 8.97. The minimum absolute atomic E-state index is 0.270. The van der Waals surface area contributed by atoms with Crippen LogP contribution >= 0.6 is 0 Å². The highest BCUT2D eigenvalue weighted by atomic mass is 16.4. The van der Waals surface area contributed by atoms with Crippen LogP contribution in [0.1, 0.15) is 18.5 Å². The maximum atomic E-state index is 11.4. The van der Waals surface area contributed by atoms with Crippen molar-refractivity contribution in [2.24, 2.45) is 13.0 Å². The summed E-state index contributed by atoms with van der Waals surface area (Å²) in [5.41, 5.74) is 0.369. The molecule has 0 amide bonds. The van der Waals surface area contributed by atoms with E-state index in [0.29, 0.717) is 19.5 Å². The van der Waals surface area contributed by atoms with Crippen LogP contribution in [-0.4, -0.2) is 38.7 Å². The molecule has 1 aromatic heterocycles. The number of carboxylic acids is 1. The number of aryl methyl sites for hydroxylation is 1. The van der Waals surface area contributed by atoms with E-state index in [9.17, 15) is 14.7 Å². The molecule has 2 N–H and O–H groups in total. The van der Waals surface area contributed by atoms with Crippen LogP contribution in [0.4, 0.5) is 0 Å². The molecule has 1 saturated heterocycles. The van der Waals surface area contributed by atoms with Crippen LogP contribution in [0, 0.1) is 5.92 Å². The SMILES string of the molecule is Cn1cc(O)c(=O)cc1CN1CCCC(C(=O)O)C1. The molecule has 1 fully saturated rings. The van der Waals surface area contributed by atoms with Gasteiger partial charge in [-0.05, 0) is 19.4 Å². The van der Waals surface area contributed by atoms with Crippen molar-refractivity contribution < 1.29 is 15.0 Å². The van der Waals surface area contributed by atoms with E-state index in [1.165, 1.54) is 12.3 Å². The van der Waals surface area contributed by atoms with Crippen LogP contribution in [-0.2, 0) is 18.4 Å². The molecule has 104 valence electrons. The molecule has 1 unspecified atom stereocenters. The highest BCUT2D eigenvalue weighted by Crippen LogP contribution is 2.18. The number of piperidine rings is 1. The fraction of sp³-hybridized carbons (Fsp3) is 0.538. The fourth-order valence-electron chi connectivity index (χ4n) is 2.44. The van der Waals surface area contributed by atoms with E-state index in [1.807, 2.05) is 4.90 Å². The van der Waals surface area contributed by atoms with Crippen molar-refractivity contribution in [1.29, 1.82) is 0 Å². The first-order valence-electron chi connectivity index (χ1n) is 6.31. The van der Waals surface area contributed by atoms with Crippen LogP contribution in [0.2, 0.25) is 0 Å². The van der Waals surface area contributed by atoms with Gasteiger partial charge >= 0.3 is 5.97 Å². The summed E-state index contributed by atoms with van der Waals surface area (Å²) in [6.45, 7) is 1.86. The molecule has 0 radical (unpaired) electrons. The molecule has 1 aliphatic heterocycles. The molecule has 1 atom stereocenters. The van der Waals surface area contributed by atoms with Gasteiger partial charge in [-0.2, -0.15) is 0 Å². The molecule has 2 heterocycles. The summed E-state index contributed by atoms with van der Waals surface area (Å²) in [6.07, 6.45) is 2.94. The number of aromatic nitrogens is 1. The minimum atomic E-state index is -0.760. The van der Waals surface area contributed by atoms with Crippen molar-refractivity contribution in [1.82, 2.24) is 9.47 Å². The lowest BCUT2D eigenvalue weighted by molar-refractivity contribution is -0.143. The van der Waals surface area contributed by atoms with E-state index in [1.54, 1.807) is 11.6 Å².